The minimum atomic E-state index is -0.336. The van der Waals surface area contributed by atoms with Crippen LogP contribution in [-0.2, 0) is 0 Å². The molecule has 0 amide bonds. The highest BCUT2D eigenvalue weighted by atomic mass is 35.5. The van der Waals surface area contributed by atoms with Crippen molar-refractivity contribution in [2.75, 3.05) is 18.0 Å². The SMILES string of the molecule is OC1CCN(c2nc(Cl)nc(-n3ccnc3)n2)C1. The molecular weight excluding hydrogens is 256 g/mol. The first kappa shape index (κ1) is 11.4. The van der Waals surface area contributed by atoms with Crippen LogP contribution in [0.2, 0.25) is 5.28 Å². The number of nitrogens with zero attached hydrogens (tertiary/aromatic N) is 6. The Morgan fingerprint density at radius 1 is 1.28 bits per heavy atom. The minimum Gasteiger partial charge on any atom is -0.391 e. The molecule has 0 radical (unpaired) electrons. The van der Waals surface area contributed by atoms with Crippen molar-refractivity contribution >= 4 is 17.5 Å². The van der Waals surface area contributed by atoms with Crippen molar-refractivity contribution in [1.29, 1.82) is 0 Å². The summed E-state index contributed by atoms with van der Waals surface area (Å²) < 4.78 is 1.66. The van der Waals surface area contributed by atoms with Crippen molar-refractivity contribution in [3.63, 3.8) is 0 Å². The maximum atomic E-state index is 9.52. The van der Waals surface area contributed by atoms with Crippen LogP contribution in [-0.4, -0.2) is 48.8 Å². The number of hydrogen-bond acceptors (Lipinski definition) is 6. The van der Waals surface area contributed by atoms with Crippen LogP contribution in [0.4, 0.5) is 5.95 Å². The van der Waals surface area contributed by atoms with E-state index in [-0.39, 0.29) is 11.4 Å². The van der Waals surface area contributed by atoms with Crippen molar-refractivity contribution in [3.05, 3.63) is 24.0 Å². The van der Waals surface area contributed by atoms with Crippen molar-refractivity contribution in [3.8, 4) is 5.95 Å². The van der Waals surface area contributed by atoms with Gasteiger partial charge in [-0.05, 0) is 18.0 Å². The molecule has 1 fully saturated rings. The van der Waals surface area contributed by atoms with E-state index in [1.54, 1.807) is 23.3 Å². The normalized spacial score (nSPS) is 19.4. The van der Waals surface area contributed by atoms with Gasteiger partial charge in [-0.25, -0.2) is 4.98 Å². The van der Waals surface area contributed by atoms with E-state index in [0.29, 0.717) is 31.4 Å². The number of rotatable bonds is 2. The van der Waals surface area contributed by atoms with Crippen LogP contribution in [0, 0.1) is 0 Å². The predicted molar refractivity (Wildman–Crippen MR) is 64.8 cm³/mol. The van der Waals surface area contributed by atoms with Gasteiger partial charge in [-0.15, -0.1) is 0 Å². The van der Waals surface area contributed by atoms with Gasteiger partial charge in [0.05, 0.1) is 6.10 Å². The van der Waals surface area contributed by atoms with E-state index in [1.807, 2.05) is 4.90 Å². The monoisotopic (exact) mass is 266 g/mol. The number of anilines is 1. The molecule has 2 aromatic heterocycles. The Morgan fingerprint density at radius 3 is 2.78 bits per heavy atom. The quantitative estimate of drug-likeness (QED) is 0.841. The van der Waals surface area contributed by atoms with Crippen molar-refractivity contribution in [2.45, 2.75) is 12.5 Å². The van der Waals surface area contributed by atoms with E-state index >= 15 is 0 Å². The molecule has 1 saturated heterocycles. The van der Waals surface area contributed by atoms with E-state index < -0.39 is 0 Å². The number of imidazole rings is 1. The summed E-state index contributed by atoms with van der Waals surface area (Å²) in [4.78, 5) is 18.3. The number of β-amino-alcohol motifs (C(OH)–C–C–N with tert-alkyl or cyclic N) is 1. The zero-order valence-electron chi connectivity index (χ0n) is 9.44. The van der Waals surface area contributed by atoms with E-state index in [2.05, 4.69) is 19.9 Å². The molecule has 1 unspecified atom stereocenters. The Kier molecular flexibility index (Phi) is 2.85. The molecule has 0 spiro atoms. The van der Waals surface area contributed by atoms with Gasteiger partial charge in [-0.3, -0.25) is 4.57 Å². The fraction of sp³-hybridized carbons (Fsp3) is 0.400. The summed E-state index contributed by atoms with van der Waals surface area (Å²) in [6.07, 6.45) is 5.33. The number of aliphatic hydroxyl groups is 1. The Morgan fingerprint density at radius 2 is 2.11 bits per heavy atom. The smallest absolute Gasteiger partial charge is 0.241 e. The first-order chi connectivity index (χ1) is 8.72. The summed E-state index contributed by atoms with van der Waals surface area (Å²) in [5.74, 6) is 0.902. The summed E-state index contributed by atoms with van der Waals surface area (Å²) in [7, 11) is 0. The van der Waals surface area contributed by atoms with Crippen LogP contribution in [0.15, 0.2) is 18.7 Å². The fourth-order valence-corrected chi connectivity index (χ4v) is 2.04. The lowest BCUT2D eigenvalue weighted by atomic mass is 10.3. The third-order valence-corrected chi connectivity index (χ3v) is 2.94. The van der Waals surface area contributed by atoms with Crippen LogP contribution >= 0.6 is 11.6 Å². The molecule has 1 N–H and O–H groups in total. The second-order valence-corrected chi connectivity index (χ2v) is 4.40. The van der Waals surface area contributed by atoms with Crippen molar-refractivity contribution in [2.24, 2.45) is 0 Å². The number of aliphatic hydroxyl groups excluding tert-OH is 1. The predicted octanol–water partition coefficient (Wildman–Crippen LogP) is 0.282. The van der Waals surface area contributed by atoms with Crippen LogP contribution in [0.5, 0.6) is 0 Å². The van der Waals surface area contributed by atoms with Crippen LogP contribution in [0.25, 0.3) is 5.95 Å². The Labute approximate surface area is 108 Å². The number of halogens is 1. The molecule has 8 heteroatoms. The molecule has 0 bridgehead atoms. The zero-order chi connectivity index (χ0) is 12.5. The second kappa shape index (κ2) is 4.51. The van der Waals surface area contributed by atoms with Crippen molar-refractivity contribution < 1.29 is 5.11 Å². The summed E-state index contributed by atoms with van der Waals surface area (Å²) >= 11 is 5.90. The van der Waals surface area contributed by atoms with E-state index in [1.165, 1.54) is 0 Å². The molecule has 1 atom stereocenters. The molecule has 94 valence electrons. The topological polar surface area (TPSA) is 80.0 Å². The molecule has 0 aliphatic carbocycles. The molecule has 0 saturated carbocycles. The fourth-order valence-electron chi connectivity index (χ4n) is 1.89. The second-order valence-electron chi connectivity index (χ2n) is 4.06. The Hall–Kier alpha value is -1.73. The summed E-state index contributed by atoms with van der Waals surface area (Å²) in [5, 5.41) is 9.65. The number of aromatic nitrogens is 5. The molecule has 1 aliphatic heterocycles. The van der Waals surface area contributed by atoms with Gasteiger partial charge < -0.3 is 10.0 Å². The first-order valence-electron chi connectivity index (χ1n) is 5.55. The standard InChI is InChI=1S/C10H11ClN6O/c11-8-13-9(16-3-1-7(18)5-16)15-10(14-8)17-4-2-12-6-17/h2,4,6-7,18H,1,3,5H2. The molecule has 7 nitrogen and oxygen atoms in total. The number of hydrogen-bond donors (Lipinski definition) is 1. The third-order valence-electron chi connectivity index (χ3n) is 2.77. The summed E-state index contributed by atoms with van der Waals surface area (Å²) in [6.45, 7) is 1.23. The average molecular weight is 267 g/mol. The van der Waals surface area contributed by atoms with Crippen LogP contribution in [0.1, 0.15) is 6.42 Å². The molecule has 1 aliphatic rings. The largest absolute Gasteiger partial charge is 0.391 e. The molecule has 2 aromatic rings. The van der Waals surface area contributed by atoms with Gasteiger partial charge in [0.25, 0.3) is 0 Å². The Bertz CT molecular complexity index is 545. The van der Waals surface area contributed by atoms with Gasteiger partial charge in [0.2, 0.25) is 17.2 Å². The molecular formula is C10H11ClN6O. The molecule has 18 heavy (non-hydrogen) atoms. The van der Waals surface area contributed by atoms with E-state index in [0.717, 1.165) is 0 Å². The highest BCUT2D eigenvalue weighted by molar-refractivity contribution is 6.28. The van der Waals surface area contributed by atoms with E-state index in [9.17, 15) is 5.11 Å². The first-order valence-corrected chi connectivity index (χ1v) is 5.93. The minimum absolute atomic E-state index is 0.130. The highest BCUT2D eigenvalue weighted by Crippen LogP contribution is 2.18. The van der Waals surface area contributed by atoms with Gasteiger partial charge in [-0.1, -0.05) is 0 Å². The zero-order valence-corrected chi connectivity index (χ0v) is 10.2. The Balaban J connectivity index is 1.96. The third kappa shape index (κ3) is 2.14. The lowest BCUT2D eigenvalue weighted by Crippen LogP contribution is -2.24. The maximum Gasteiger partial charge on any atom is 0.241 e. The van der Waals surface area contributed by atoms with Gasteiger partial charge in [0, 0.05) is 25.5 Å². The maximum absolute atomic E-state index is 9.52. The lowest BCUT2D eigenvalue weighted by Gasteiger charge is -2.15. The average Bonchev–Trinajstić information content (AvgIpc) is 2.98. The van der Waals surface area contributed by atoms with Gasteiger partial charge in [0.15, 0.2) is 0 Å². The molecule has 3 rings (SSSR count). The summed E-state index contributed by atoms with van der Waals surface area (Å²) in [5.41, 5.74) is 0. The van der Waals surface area contributed by atoms with Crippen molar-refractivity contribution in [1.82, 2.24) is 24.5 Å². The van der Waals surface area contributed by atoms with Gasteiger partial charge in [0.1, 0.15) is 6.33 Å². The van der Waals surface area contributed by atoms with E-state index in [4.69, 9.17) is 11.6 Å². The highest BCUT2D eigenvalue weighted by Gasteiger charge is 2.23. The lowest BCUT2D eigenvalue weighted by molar-refractivity contribution is 0.198. The van der Waals surface area contributed by atoms with Gasteiger partial charge in [-0.2, -0.15) is 15.0 Å². The van der Waals surface area contributed by atoms with Crippen LogP contribution in [0.3, 0.4) is 0 Å². The van der Waals surface area contributed by atoms with Gasteiger partial charge >= 0.3 is 0 Å². The van der Waals surface area contributed by atoms with Crippen LogP contribution < -0.4 is 4.90 Å². The molecule has 0 aromatic carbocycles. The molecule has 3 heterocycles. The summed E-state index contributed by atoms with van der Waals surface area (Å²) in [6, 6.07) is 0.